The van der Waals surface area contributed by atoms with Crippen LogP contribution in [-0.4, -0.2) is 15.0 Å². The van der Waals surface area contributed by atoms with Crippen molar-refractivity contribution in [2.45, 2.75) is 6.54 Å². The van der Waals surface area contributed by atoms with Gasteiger partial charge in [0.2, 0.25) is 0 Å². The SMILES string of the molecule is N#Cc1cc2ccccc2nc1NCc1ncc[nH]1. The van der Waals surface area contributed by atoms with Crippen molar-refractivity contribution in [2.75, 3.05) is 5.32 Å². The van der Waals surface area contributed by atoms with Crippen LogP contribution in [0.3, 0.4) is 0 Å². The molecule has 19 heavy (non-hydrogen) atoms. The van der Waals surface area contributed by atoms with Gasteiger partial charge < -0.3 is 10.3 Å². The Hall–Kier alpha value is -2.87. The fourth-order valence-electron chi connectivity index (χ4n) is 1.90. The van der Waals surface area contributed by atoms with Crippen molar-refractivity contribution in [3.8, 4) is 6.07 Å². The molecule has 0 unspecified atom stereocenters. The van der Waals surface area contributed by atoms with E-state index in [0.29, 0.717) is 17.9 Å². The second-order valence-electron chi connectivity index (χ2n) is 4.08. The van der Waals surface area contributed by atoms with E-state index in [4.69, 9.17) is 0 Å². The average Bonchev–Trinajstić information content (AvgIpc) is 2.97. The van der Waals surface area contributed by atoms with E-state index in [1.54, 1.807) is 12.4 Å². The number of pyridine rings is 1. The Kier molecular flexibility index (Phi) is 2.83. The first-order valence-corrected chi connectivity index (χ1v) is 5.89. The third kappa shape index (κ3) is 2.24. The fraction of sp³-hybridized carbons (Fsp3) is 0.0714. The van der Waals surface area contributed by atoms with Crippen molar-refractivity contribution in [2.24, 2.45) is 0 Å². The molecule has 0 atom stereocenters. The second kappa shape index (κ2) is 4.78. The molecule has 0 radical (unpaired) electrons. The normalized spacial score (nSPS) is 10.3. The largest absolute Gasteiger partial charge is 0.362 e. The maximum absolute atomic E-state index is 9.18. The molecule has 0 aliphatic carbocycles. The number of nitriles is 1. The van der Waals surface area contributed by atoms with Gasteiger partial charge in [0.05, 0.1) is 17.6 Å². The Morgan fingerprint density at radius 3 is 3.00 bits per heavy atom. The molecular formula is C14H11N5. The van der Waals surface area contributed by atoms with Crippen molar-refractivity contribution in [1.82, 2.24) is 15.0 Å². The van der Waals surface area contributed by atoms with Crippen LogP contribution < -0.4 is 5.32 Å². The quantitative estimate of drug-likeness (QED) is 0.747. The number of benzene rings is 1. The number of para-hydroxylation sites is 1. The summed E-state index contributed by atoms with van der Waals surface area (Å²) in [6.45, 7) is 0.507. The van der Waals surface area contributed by atoms with Crippen LogP contribution in [0.15, 0.2) is 42.7 Å². The summed E-state index contributed by atoms with van der Waals surface area (Å²) in [4.78, 5) is 11.6. The Morgan fingerprint density at radius 2 is 2.21 bits per heavy atom. The van der Waals surface area contributed by atoms with Crippen LogP contribution in [-0.2, 0) is 6.54 Å². The van der Waals surface area contributed by atoms with Crippen molar-refractivity contribution < 1.29 is 0 Å². The van der Waals surface area contributed by atoms with E-state index < -0.39 is 0 Å². The van der Waals surface area contributed by atoms with Gasteiger partial charge in [-0.05, 0) is 12.1 Å². The summed E-state index contributed by atoms with van der Waals surface area (Å²) in [7, 11) is 0. The third-order valence-corrected chi connectivity index (χ3v) is 2.82. The van der Waals surface area contributed by atoms with Crippen LogP contribution in [0.1, 0.15) is 11.4 Å². The van der Waals surface area contributed by atoms with Crippen molar-refractivity contribution in [3.63, 3.8) is 0 Å². The van der Waals surface area contributed by atoms with Gasteiger partial charge in [0.15, 0.2) is 0 Å². The molecule has 1 aromatic carbocycles. The molecule has 5 nitrogen and oxygen atoms in total. The minimum absolute atomic E-state index is 0.507. The lowest BCUT2D eigenvalue weighted by Gasteiger charge is -2.07. The molecule has 0 amide bonds. The lowest BCUT2D eigenvalue weighted by molar-refractivity contribution is 0.989. The lowest BCUT2D eigenvalue weighted by Crippen LogP contribution is -2.05. The zero-order valence-corrected chi connectivity index (χ0v) is 10.1. The number of hydrogen-bond acceptors (Lipinski definition) is 4. The molecule has 0 aliphatic heterocycles. The molecule has 2 aromatic heterocycles. The van der Waals surface area contributed by atoms with Crippen molar-refractivity contribution >= 4 is 16.7 Å². The van der Waals surface area contributed by atoms with Gasteiger partial charge in [-0.25, -0.2) is 9.97 Å². The number of H-pyrrole nitrogens is 1. The van der Waals surface area contributed by atoms with E-state index in [9.17, 15) is 5.26 Å². The van der Waals surface area contributed by atoms with Gasteiger partial charge in [-0.1, -0.05) is 18.2 Å². The monoisotopic (exact) mass is 249 g/mol. The highest BCUT2D eigenvalue weighted by atomic mass is 15.0. The molecule has 0 spiro atoms. The summed E-state index contributed by atoms with van der Waals surface area (Å²) in [6, 6.07) is 11.7. The maximum atomic E-state index is 9.18. The van der Waals surface area contributed by atoms with Crippen molar-refractivity contribution in [3.05, 3.63) is 54.1 Å². The molecule has 0 bridgehead atoms. The minimum Gasteiger partial charge on any atom is -0.362 e. The zero-order valence-electron chi connectivity index (χ0n) is 10.1. The molecule has 0 aliphatic rings. The summed E-state index contributed by atoms with van der Waals surface area (Å²) in [6.07, 6.45) is 3.45. The number of aromatic nitrogens is 3. The van der Waals surface area contributed by atoms with Crippen LogP contribution in [0.5, 0.6) is 0 Å². The van der Waals surface area contributed by atoms with Crippen LogP contribution in [0.4, 0.5) is 5.82 Å². The van der Waals surface area contributed by atoms with Crippen molar-refractivity contribution in [1.29, 1.82) is 5.26 Å². The maximum Gasteiger partial charge on any atom is 0.145 e. The highest BCUT2D eigenvalue weighted by Crippen LogP contribution is 2.19. The molecule has 0 saturated carbocycles. The number of hydrogen-bond donors (Lipinski definition) is 2. The Labute approximate surface area is 109 Å². The molecule has 2 heterocycles. The van der Waals surface area contributed by atoms with Gasteiger partial charge in [0.1, 0.15) is 17.7 Å². The molecule has 3 aromatic rings. The highest BCUT2D eigenvalue weighted by molar-refractivity contribution is 5.82. The van der Waals surface area contributed by atoms with Gasteiger partial charge in [0, 0.05) is 17.8 Å². The molecule has 3 rings (SSSR count). The van der Waals surface area contributed by atoms with Crippen LogP contribution in [0, 0.1) is 11.3 Å². The van der Waals surface area contributed by atoms with E-state index in [1.165, 1.54) is 0 Å². The Balaban J connectivity index is 1.95. The molecule has 2 N–H and O–H groups in total. The minimum atomic E-state index is 0.507. The van der Waals surface area contributed by atoms with E-state index >= 15 is 0 Å². The first-order valence-electron chi connectivity index (χ1n) is 5.89. The van der Waals surface area contributed by atoms with E-state index in [0.717, 1.165) is 16.7 Å². The first kappa shape index (κ1) is 11.2. The first-order chi connectivity index (χ1) is 9.36. The summed E-state index contributed by atoms with van der Waals surface area (Å²) >= 11 is 0. The zero-order chi connectivity index (χ0) is 13.1. The average molecular weight is 249 g/mol. The molecule has 92 valence electrons. The Morgan fingerprint density at radius 1 is 1.32 bits per heavy atom. The summed E-state index contributed by atoms with van der Waals surface area (Å²) < 4.78 is 0. The number of aromatic amines is 1. The second-order valence-corrected chi connectivity index (χ2v) is 4.08. The number of fused-ring (bicyclic) bond motifs is 1. The third-order valence-electron chi connectivity index (χ3n) is 2.82. The van der Waals surface area contributed by atoms with Crippen LogP contribution >= 0.6 is 0 Å². The lowest BCUT2D eigenvalue weighted by atomic mass is 10.1. The predicted octanol–water partition coefficient (Wildman–Crippen LogP) is 2.44. The van der Waals surface area contributed by atoms with Gasteiger partial charge in [-0.15, -0.1) is 0 Å². The smallest absolute Gasteiger partial charge is 0.145 e. The number of anilines is 1. The van der Waals surface area contributed by atoms with E-state index in [1.807, 2.05) is 30.3 Å². The molecular weight excluding hydrogens is 238 g/mol. The summed E-state index contributed by atoms with van der Waals surface area (Å²) in [5.41, 5.74) is 1.40. The van der Waals surface area contributed by atoms with Gasteiger partial charge in [-0.3, -0.25) is 0 Å². The van der Waals surface area contributed by atoms with Crippen LogP contribution in [0.25, 0.3) is 10.9 Å². The number of rotatable bonds is 3. The molecule has 0 fully saturated rings. The fourth-order valence-corrected chi connectivity index (χ4v) is 1.90. The van der Waals surface area contributed by atoms with Gasteiger partial charge in [-0.2, -0.15) is 5.26 Å². The standard InChI is InChI=1S/C14H11N5/c15-8-11-7-10-3-1-2-4-12(10)19-14(11)18-9-13-16-5-6-17-13/h1-7H,9H2,(H,16,17)(H,18,19). The van der Waals surface area contributed by atoms with E-state index in [2.05, 4.69) is 26.3 Å². The van der Waals surface area contributed by atoms with E-state index in [-0.39, 0.29) is 0 Å². The number of nitrogens with zero attached hydrogens (tertiary/aromatic N) is 3. The highest BCUT2D eigenvalue weighted by Gasteiger charge is 2.06. The predicted molar refractivity (Wildman–Crippen MR) is 72.4 cm³/mol. The number of nitrogens with one attached hydrogen (secondary N) is 2. The van der Waals surface area contributed by atoms with Gasteiger partial charge >= 0.3 is 0 Å². The summed E-state index contributed by atoms with van der Waals surface area (Å²) in [5.74, 6) is 1.39. The summed E-state index contributed by atoms with van der Waals surface area (Å²) in [5, 5.41) is 13.3. The number of imidazole rings is 1. The van der Waals surface area contributed by atoms with Gasteiger partial charge in [0.25, 0.3) is 0 Å². The Bertz CT molecular complexity index is 740. The topological polar surface area (TPSA) is 77.4 Å². The molecule has 5 heteroatoms. The molecule has 0 saturated heterocycles. The van der Waals surface area contributed by atoms with Crippen LogP contribution in [0.2, 0.25) is 0 Å².